The van der Waals surface area contributed by atoms with Gasteiger partial charge in [-0.1, -0.05) is 39.0 Å². The van der Waals surface area contributed by atoms with Crippen LogP contribution in [0.4, 0.5) is 0 Å². The van der Waals surface area contributed by atoms with Crippen molar-refractivity contribution in [1.82, 2.24) is 0 Å². The van der Waals surface area contributed by atoms with Crippen molar-refractivity contribution >= 4 is 17.5 Å². The molecule has 0 saturated carbocycles. The number of unbranched alkanes of at least 4 members (excludes halogenated alkanes) is 6. The maximum atomic E-state index is 11.7. The van der Waals surface area contributed by atoms with Gasteiger partial charge in [-0.3, -0.25) is 14.4 Å². The van der Waals surface area contributed by atoms with E-state index in [2.05, 4.69) is 6.92 Å². The highest BCUT2D eigenvalue weighted by molar-refractivity contribution is 5.81. The fourth-order valence-corrected chi connectivity index (χ4v) is 2.44. The van der Waals surface area contributed by atoms with E-state index in [0.717, 1.165) is 51.4 Å². The average Bonchev–Trinajstić information content (AvgIpc) is 2.47. The molecular weight excluding hydrogens is 278 g/mol. The Morgan fingerprint density at radius 2 is 1.00 bits per heavy atom. The Morgan fingerprint density at radius 1 is 0.591 bits per heavy atom. The molecule has 0 rings (SSSR count). The molecule has 0 radical (unpaired) electrons. The fraction of sp³-hybridized carbons (Fsp3) is 0.833. The van der Waals surface area contributed by atoms with Gasteiger partial charge in [-0.25, -0.2) is 0 Å². The van der Waals surface area contributed by atoms with Crippen molar-refractivity contribution in [2.45, 2.75) is 96.8 Å². The minimum Gasteiger partial charge on any atom is -0.370 e. The van der Waals surface area contributed by atoms with Crippen LogP contribution in [-0.2, 0) is 14.4 Å². The molecule has 0 bridgehead atoms. The van der Waals surface area contributed by atoms with Gasteiger partial charge in [-0.2, -0.15) is 0 Å². The van der Waals surface area contributed by atoms with Crippen LogP contribution in [0.15, 0.2) is 0 Å². The summed E-state index contributed by atoms with van der Waals surface area (Å²) >= 11 is 0. The van der Waals surface area contributed by atoms with Gasteiger partial charge >= 0.3 is 0 Å². The molecule has 0 aliphatic heterocycles. The molecule has 0 aromatic rings. The van der Waals surface area contributed by atoms with Crippen molar-refractivity contribution in [1.29, 1.82) is 0 Å². The fourth-order valence-electron chi connectivity index (χ4n) is 2.44. The summed E-state index contributed by atoms with van der Waals surface area (Å²) in [4.78, 5) is 33.7. The number of Topliss-reactive ketones (excluding diaryl/α,β-unsaturated/α-hetero) is 2. The number of ketones is 2. The maximum absolute atomic E-state index is 11.7. The summed E-state index contributed by atoms with van der Waals surface area (Å²) in [6.07, 6.45) is 11.8. The second kappa shape index (κ2) is 14.7. The molecule has 128 valence electrons. The number of primary amides is 1. The molecule has 0 fully saturated rings. The number of rotatable bonds is 16. The van der Waals surface area contributed by atoms with E-state index in [1.54, 1.807) is 0 Å². The molecule has 0 aliphatic carbocycles. The molecular formula is C18H33NO3. The van der Waals surface area contributed by atoms with E-state index in [0.29, 0.717) is 44.3 Å². The topological polar surface area (TPSA) is 77.2 Å². The normalized spacial score (nSPS) is 10.6. The first-order chi connectivity index (χ1) is 10.6. The molecule has 0 aliphatic rings. The monoisotopic (exact) mass is 311 g/mol. The van der Waals surface area contributed by atoms with Crippen LogP contribution < -0.4 is 5.73 Å². The standard InChI is InChI=1S/C18H33NO3/c1-2-3-11-16(20)13-10-14-17(21)12-8-6-4-5-7-9-15-18(19)22/h2-15H2,1H3,(H2,19,22). The SMILES string of the molecule is CCCCC(=O)CCCC(=O)CCCCCCCCC(N)=O. The van der Waals surface area contributed by atoms with Crippen molar-refractivity contribution in [3.05, 3.63) is 0 Å². The first kappa shape index (κ1) is 20.8. The van der Waals surface area contributed by atoms with E-state index in [1.165, 1.54) is 0 Å². The Hall–Kier alpha value is -1.19. The number of hydrogen-bond acceptors (Lipinski definition) is 3. The minimum absolute atomic E-state index is 0.223. The number of hydrogen-bond donors (Lipinski definition) is 1. The second-order valence-electron chi connectivity index (χ2n) is 6.12. The van der Waals surface area contributed by atoms with Crippen molar-refractivity contribution in [3.63, 3.8) is 0 Å². The summed E-state index contributed by atoms with van der Waals surface area (Å²) in [5, 5.41) is 0. The average molecular weight is 311 g/mol. The largest absolute Gasteiger partial charge is 0.370 e. The van der Waals surface area contributed by atoms with Gasteiger partial charge < -0.3 is 5.73 Å². The molecule has 2 N–H and O–H groups in total. The van der Waals surface area contributed by atoms with Crippen LogP contribution in [0.1, 0.15) is 96.8 Å². The minimum atomic E-state index is -0.223. The Kier molecular flexibility index (Phi) is 13.9. The highest BCUT2D eigenvalue weighted by Gasteiger charge is 2.05. The summed E-state index contributed by atoms with van der Waals surface area (Å²) < 4.78 is 0. The van der Waals surface area contributed by atoms with Crippen LogP contribution in [0.3, 0.4) is 0 Å². The van der Waals surface area contributed by atoms with Gasteiger partial charge in [0.2, 0.25) is 5.91 Å². The Labute approximate surface area is 135 Å². The summed E-state index contributed by atoms with van der Waals surface area (Å²) in [5.41, 5.74) is 5.07. The lowest BCUT2D eigenvalue weighted by Gasteiger charge is -2.02. The van der Waals surface area contributed by atoms with E-state index in [-0.39, 0.29) is 11.7 Å². The lowest BCUT2D eigenvalue weighted by atomic mass is 10.0. The van der Waals surface area contributed by atoms with Crippen molar-refractivity contribution in [3.8, 4) is 0 Å². The predicted molar refractivity (Wildman–Crippen MR) is 89.5 cm³/mol. The zero-order valence-corrected chi connectivity index (χ0v) is 14.2. The van der Waals surface area contributed by atoms with E-state index in [9.17, 15) is 14.4 Å². The lowest BCUT2D eigenvalue weighted by molar-refractivity contribution is -0.121. The van der Waals surface area contributed by atoms with Crippen molar-refractivity contribution in [2.24, 2.45) is 5.73 Å². The molecule has 4 nitrogen and oxygen atoms in total. The number of carbonyl (C=O) groups is 3. The van der Waals surface area contributed by atoms with Crippen LogP contribution in [0.5, 0.6) is 0 Å². The molecule has 0 atom stereocenters. The molecule has 1 amide bonds. The molecule has 4 heteroatoms. The van der Waals surface area contributed by atoms with Gasteiger partial charge in [0.05, 0.1) is 0 Å². The maximum Gasteiger partial charge on any atom is 0.217 e. The molecule has 0 heterocycles. The predicted octanol–water partition coefficient (Wildman–Crippen LogP) is 4.09. The van der Waals surface area contributed by atoms with Crippen LogP contribution in [-0.4, -0.2) is 17.5 Å². The van der Waals surface area contributed by atoms with Gasteiger partial charge in [-0.15, -0.1) is 0 Å². The Morgan fingerprint density at radius 3 is 1.50 bits per heavy atom. The molecule has 0 aromatic heterocycles. The van der Waals surface area contributed by atoms with E-state index in [1.807, 2.05) is 0 Å². The molecule has 22 heavy (non-hydrogen) atoms. The Bertz CT molecular complexity index is 326. The van der Waals surface area contributed by atoms with Gasteiger partial charge in [0, 0.05) is 32.1 Å². The van der Waals surface area contributed by atoms with E-state index >= 15 is 0 Å². The van der Waals surface area contributed by atoms with Gasteiger partial charge in [0.25, 0.3) is 0 Å². The van der Waals surface area contributed by atoms with Crippen LogP contribution in [0.25, 0.3) is 0 Å². The smallest absolute Gasteiger partial charge is 0.217 e. The summed E-state index contributed by atoms with van der Waals surface area (Å²) in [6.45, 7) is 2.08. The van der Waals surface area contributed by atoms with Crippen LogP contribution in [0, 0.1) is 0 Å². The van der Waals surface area contributed by atoms with Gasteiger partial charge in [-0.05, 0) is 25.7 Å². The van der Waals surface area contributed by atoms with E-state index < -0.39 is 0 Å². The van der Waals surface area contributed by atoms with Crippen molar-refractivity contribution < 1.29 is 14.4 Å². The number of carbonyl (C=O) groups excluding carboxylic acids is 3. The van der Waals surface area contributed by atoms with Gasteiger partial charge in [0.15, 0.2) is 0 Å². The summed E-state index contributed by atoms with van der Waals surface area (Å²) in [5.74, 6) is 0.362. The molecule has 0 aromatic carbocycles. The number of nitrogens with two attached hydrogens (primary N) is 1. The quantitative estimate of drug-likeness (QED) is 0.436. The molecule has 0 spiro atoms. The highest BCUT2D eigenvalue weighted by Crippen LogP contribution is 2.11. The molecule has 0 unspecified atom stereocenters. The summed E-state index contributed by atoms with van der Waals surface area (Å²) in [7, 11) is 0. The number of amides is 1. The zero-order chi connectivity index (χ0) is 16.6. The van der Waals surface area contributed by atoms with Crippen molar-refractivity contribution in [2.75, 3.05) is 0 Å². The Balaban J connectivity index is 3.32. The zero-order valence-electron chi connectivity index (χ0n) is 14.2. The third kappa shape index (κ3) is 15.2. The first-order valence-electron chi connectivity index (χ1n) is 8.88. The second-order valence-corrected chi connectivity index (χ2v) is 6.12. The first-order valence-corrected chi connectivity index (χ1v) is 8.88. The molecule has 0 saturated heterocycles. The van der Waals surface area contributed by atoms with Crippen LogP contribution >= 0.6 is 0 Å². The van der Waals surface area contributed by atoms with Gasteiger partial charge in [0.1, 0.15) is 11.6 Å². The lowest BCUT2D eigenvalue weighted by Crippen LogP contribution is -2.09. The third-order valence-electron chi connectivity index (χ3n) is 3.85. The highest BCUT2D eigenvalue weighted by atomic mass is 16.1. The van der Waals surface area contributed by atoms with E-state index in [4.69, 9.17) is 5.73 Å². The third-order valence-corrected chi connectivity index (χ3v) is 3.85. The van der Waals surface area contributed by atoms with Crippen LogP contribution in [0.2, 0.25) is 0 Å². The summed E-state index contributed by atoms with van der Waals surface area (Å²) in [6, 6.07) is 0.